The fourth-order valence-corrected chi connectivity index (χ4v) is 2.07. The van der Waals surface area contributed by atoms with Crippen LogP contribution in [-0.4, -0.2) is 32.2 Å². The molecule has 0 spiro atoms. The lowest BCUT2D eigenvalue weighted by atomic mass is 10.1. The quantitative estimate of drug-likeness (QED) is 0.309. The van der Waals surface area contributed by atoms with Crippen LogP contribution in [-0.2, 0) is 0 Å². The molecule has 0 aromatic rings. The van der Waals surface area contributed by atoms with Crippen LogP contribution in [0.4, 0.5) is 0 Å². The van der Waals surface area contributed by atoms with Crippen LogP contribution in [0.5, 0.6) is 0 Å². The lowest BCUT2D eigenvalue weighted by Crippen LogP contribution is -3.00. The molecule has 0 fully saturated rings. The third-order valence-corrected chi connectivity index (χ3v) is 3.18. The number of halogens is 1. The summed E-state index contributed by atoms with van der Waals surface area (Å²) in [5.41, 5.74) is 0. The number of hydrogen-bond acceptors (Lipinski definition) is 0. The first-order valence-electron chi connectivity index (χ1n) is 7.36. The maximum atomic E-state index is 2.29. The van der Waals surface area contributed by atoms with Crippen molar-refractivity contribution in [3.8, 4) is 0 Å². The Morgan fingerprint density at radius 1 is 0.611 bits per heavy atom. The van der Waals surface area contributed by atoms with Crippen molar-refractivity contribution in [2.45, 2.75) is 71.1 Å². The minimum absolute atomic E-state index is 0. The SMILES string of the molecule is CCCCCCCCCCCC[N+](C)(C)C.P.[Cl-]. The topological polar surface area (TPSA) is 0 Å². The van der Waals surface area contributed by atoms with Gasteiger partial charge < -0.3 is 16.9 Å². The molecule has 0 aliphatic carbocycles. The monoisotopic (exact) mass is 297 g/mol. The second kappa shape index (κ2) is 15.7. The summed E-state index contributed by atoms with van der Waals surface area (Å²) in [7, 11) is 6.86. The van der Waals surface area contributed by atoms with E-state index in [9.17, 15) is 0 Å². The molecule has 0 N–H and O–H groups in total. The molecule has 0 amide bonds. The summed E-state index contributed by atoms with van der Waals surface area (Å²) in [6.07, 6.45) is 14.4. The van der Waals surface area contributed by atoms with Crippen LogP contribution >= 0.6 is 9.90 Å². The Morgan fingerprint density at radius 3 is 1.28 bits per heavy atom. The average molecular weight is 298 g/mol. The molecule has 1 nitrogen and oxygen atoms in total. The zero-order chi connectivity index (χ0) is 12.3. The predicted octanol–water partition coefficient (Wildman–Crippen LogP) is 1.68. The van der Waals surface area contributed by atoms with Gasteiger partial charge in [-0.1, -0.05) is 58.3 Å². The van der Waals surface area contributed by atoms with Crippen LogP contribution in [0.2, 0.25) is 0 Å². The molecule has 0 saturated heterocycles. The van der Waals surface area contributed by atoms with Gasteiger partial charge in [-0.05, 0) is 12.8 Å². The molecule has 0 saturated carbocycles. The first-order chi connectivity index (χ1) is 7.56. The van der Waals surface area contributed by atoms with E-state index in [0.29, 0.717) is 0 Å². The van der Waals surface area contributed by atoms with Crippen molar-refractivity contribution in [2.75, 3.05) is 27.7 Å². The predicted molar refractivity (Wildman–Crippen MR) is 85.8 cm³/mol. The van der Waals surface area contributed by atoms with Gasteiger partial charge in [0.15, 0.2) is 0 Å². The maximum absolute atomic E-state index is 2.29. The summed E-state index contributed by atoms with van der Waals surface area (Å²) in [5, 5.41) is 0. The van der Waals surface area contributed by atoms with Gasteiger partial charge in [-0.2, -0.15) is 9.90 Å². The second-order valence-electron chi connectivity index (χ2n) is 6.20. The fourth-order valence-electron chi connectivity index (χ4n) is 2.07. The molecule has 114 valence electrons. The Kier molecular flexibility index (Phi) is 20.8. The van der Waals surface area contributed by atoms with Crippen molar-refractivity contribution < 1.29 is 16.9 Å². The Hall–Kier alpha value is 0.680. The third kappa shape index (κ3) is 21.9. The van der Waals surface area contributed by atoms with Crippen LogP contribution in [0.1, 0.15) is 71.1 Å². The van der Waals surface area contributed by atoms with Crippen molar-refractivity contribution in [3.63, 3.8) is 0 Å². The molecular weight excluding hydrogens is 261 g/mol. The van der Waals surface area contributed by atoms with E-state index in [-0.39, 0.29) is 22.3 Å². The molecule has 0 heterocycles. The van der Waals surface area contributed by atoms with Gasteiger partial charge in [-0.15, -0.1) is 0 Å². The van der Waals surface area contributed by atoms with Crippen molar-refractivity contribution in [1.82, 2.24) is 0 Å². The number of rotatable bonds is 11. The van der Waals surface area contributed by atoms with Gasteiger partial charge in [0.25, 0.3) is 0 Å². The van der Waals surface area contributed by atoms with E-state index in [1.807, 2.05) is 0 Å². The van der Waals surface area contributed by atoms with E-state index in [1.165, 1.54) is 70.8 Å². The lowest BCUT2D eigenvalue weighted by Gasteiger charge is -2.23. The zero-order valence-electron chi connectivity index (χ0n) is 13.3. The van der Waals surface area contributed by atoms with E-state index >= 15 is 0 Å². The summed E-state index contributed by atoms with van der Waals surface area (Å²) >= 11 is 0. The second-order valence-corrected chi connectivity index (χ2v) is 6.20. The standard InChI is InChI=1S/C15H34N.ClH.H3P/c1-5-6-7-8-9-10-11-12-13-14-15-16(2,3)4;;/h5-15H2,1-4H3;1H;1H3/q+1;;/p-1. The van der Waals surface area contributed by atoms with Gasteiger partial charge in [0, 0.05) is 0 Å². The average Bonchev–Trinajstić information content (AvgIpc) is 2.19. The number of hydrogen-bond donors (Lipinski definition) is 0. The van der Waals surface area contributed by atoms with Gasteiger partial charge >= 0.3 is 0 Å². The largest absolute Gasteiger partial charge is 1.00 e. The molecule has 0 aliphatic rings. The van der Waals surface area contributed by atoms with Gasteiger partial charge in [-0.25, -0.2) is 0 Å². The van der Waals surface area contributed by atoms with Crippen LogP contribution in [0.3, 0.4) is 0 Å². The number of quaternary nitrogens is 1. The molecule has 0 rings (SSSR count). The molecule has 0 radical (unpaired) electrons. The lowest BCUT2D eigenvalue weighted by molar-refractivity contribution is -0.870. The molecule has 0 aliphatic heterocycles. The van der Waals surface area contributed by atoms with Crippen molar-refractivity contribution in [1.29, 1.82) is 0 Å². The Balaban J connectivity index is -0.00000112. The summed E-state index contributed by atoms with van der Waals surface area (Å²) in [5.74, 6) is 0. The Labute approximate surface area is 126 Å². The first kappa shape index (κ1) is 23.7. The van der Waals surface area contributed by atoms with E-state index in [4.69, 9.17) is 0 Å². The summed E-state index contributed by atoms with van der Waals surface area (Å²) < 4.78 is 1.12. The van der Waals surface area contributed by atoms with E-state index in [2.05, 4.69) is 28.1 Å². The fraction of sp³-hybridized carbons (Fsp3) is 1.00. The number of unbranched alkanes of at least 4 members (excludes halogenated alkanes) is 9. The van der Waals surface area contributed by atoms with Crippen molar-refractivity contribution in [3.05, 3.63) is 0 Å². The van der Waals surface area contributed by atoms with Crippen molar-refractivity contribution in [2.24, 2.45) is 0 Å². The first-order valence-corrected chi connectivity index (χ1v) is 7.36. The molecule has 0 aromatic carbocycles. The molecule has 1 atom stereocenters. The van der Waals surface area contributed by atoms with Crippen LogP contribution < -0.4 is 12.4 Å². The summed E-state index contributed by atoms with van der Waals surface area (Å²) in [6, 6.07) is 0. The molecule has 0 bridgehead atoms. The summed E-state index contributed by atoms with van der Waals surface area (Å²) in [6.45, 7) is 3.62. The molecule has 3 heteroatoms. The van der Waals surface area contributed by atoms with Gasteiger partial charge in [0.1, 0.15) is 0 Å². The minimum atomic E-state index is 0. The molecule has 0 aromatic heterocycles. The Morgan fingerprint density at radius 2 is 0.944 bits per heavy atom. The molecule has 18 heavy (non-hydrogen) atoms. The van der Waals surface area contributed by atoms with E-state index < -0.39 is 0 Å². The Bertz CT molecular complexity index is 146. The highest BCUT2D eigenvalue weighted by Gasteiger charge is 2.04. The smallest absolute Gasteiger partial charge is 0.0780 e. The molecule has 1 unspecified atom stereocenters. The van der Waals surface area contributed by atoms with Crippen LogP contribution in [0.15, 0.2) is 0 Å². The van der Waals surface area contributed by atoms with Gasteiger partial charge in [0.05, 0.1) is 27.7 Å². The van der Waals surface area contributed by atoms with E-state index in [1.54, 1.807) is 0 Å². The van der Waals surface area contributed by atoms with Gasteiger partial charge in [0.2, 0.25) is 0 Å². The van der Waals surface area contributed by atoms with Gasteiger partial charge in [-0.3, -0.25) is 0 Å². The highest BCUT2D eigenvalue weighted by molar-refractivity contribution is 6.92. The third-order valence-electron chi connectivity index (χ3n) is 3.18. The minimum Gasteiger partial charge on any atom is -1.00 e. The summed E-state index contributed by atoms with van der Waals surface area (Å²) in [4.78, 5) is 0. The zero-order valence-corrected chi connectivity index (χ0v) is 15.5. The van der Waals surface area contributed by atoms with Crippen LogP contribution in [0.25, 0.3) is 0 Å². The number of nitrogens with zero attached hydrogens (tertiary/aromatic N) is 1. The normalized spacial score (nSPS) is 10.7. The maximum Gasteiger partial charge on any atom is 0.0780 e. The molecular formula is C15H37ClNP. The van der Waals surface area contributed by atoms with Crippen LogP contribution in [0, 0.1) is 0 Å². The highest BCUT2D eigenvalue weighted by Crippen LogP contribution is 2.10. The van der Waals surface area contributed by atoms with Crippen molar-refractivity contribution >= 4 is 9.90 Å². The van der Waals surface area contributed by atoms with E-state index in [0.717, 1.165) is 4.48 Å². The highest BCUT2D eigenvalue weighted by atomic mass is 35.5.